The Bertz CT molecular complexity index is 525. The Morgan fingerprint density at radius 3 is 2.38 bits per heavy atom. The summed E-state index contributed by atoms with van der Waals surface area (Å²) < 4.78 is 11.6. The molecule has 4 saturated carbocycles. The summed E-state index contributed by atoms with van der Waals surface area (Å²) in [7, 11) is 3.60. The van der Waals surface area contributed by atoms with E-state index < -0.39 is 0 Å². The second kappa shape index (κ2) is 5.54. The smallest absolute Gasteiger partial charge is 0.167 e. The molecule has 0 unspecified atom stereocenters. The van der Waals surface area contributed by atoms with E-state index in [9.17, 15) is 4.79 Å². The van der Waals surface area contributed by atoms with E-state index in [4.69, 9.17) is 9.47 Å². The molecule has 0 aliphatic heterocycles. The fraction of sp³-hybridized carbons (Fsp3) is 0.952. The van der Waals surface area contributed by atoms with Crippen molar-refractivity contribution in [2.75, 3.05) is 14.2 Å². The van der Waals surface area contributed by atoms with E-state index in [2.05, 4.69) is 13.8 Å². The van der Waals surface area contributed by atoms with Gasteiger partial charge in [0.15, 0.2) is 5.79 Å². The largest absolute Gasteiger partial charge is 0.353 e. The summed E-state index contributed by atoms with van der Waals surface area (Å²) in [6.07, 6.45) is 10.2. The zero-order chi connectivity index (χ0) is 17.2. The molecule has 0 heterocycles. The van der Waals surface area contributed by atoms with E-state index in [0.717, 1.165) is 43.9 Å². The first-order valence-electron chi connectivity index (χ1n) is 10.0. The van der Waals surface area contributed by atoms with Gasteiger partial charge in [0.25, 0.3) is 0 Å². The highest BCUT2D eigenvalue weighted by Crippen LogP contribution is 2.66. The van der Waals surface area contributed by atoms with Crippen LogP contribution in [0.5, 0.6) is 0 Å². The van der Waals surface area contributed by atoms with Crippen LogP contribution < -0.4 is 0 Å². The van der Waals surface area contributed by atoms with Crippen molar-refractivity contribution in [3.63, 3.8) is 0 Å². The lowest BCUT2D eigenvalue weighted by Gasteiger charge is -2.61. The Morgan fingerprint density at radius 1 is 0.917 bits per heavy atom. The first kappa shape index (κ1) is 17.0. The van der Waals surface area contributed by atoms with Crippen molar-refractivity contribution in [3.8, 4) is 0 Å². The molecule has 0 bridgehead atoms. The number of ketones is 1. The van der Waals surface area contributed by atoms with E-state index in [1.54, 1.807) is 14.2 Å². The lowest BCUT2D eigenvalue weighted by Crippen LogP contribution is -2.56. The van der Waals surface area contributed by atoms with Crippen molar-refractivity contribution < 1.29 is 14.3 Å². The highest BCUT2D eigenvalue weighted by Gasteiger charge is 2.61. The van der Waals surface area contributed by atoms with Gasteiger partial charge in [-0.05, 0) is 67.6 Å². The quantitative estimate of drug-likeness (QED) is 0.693. The third-order valence-corrected chi connectivity index (χ3v) is 9.12. The summed E-state index contributed by atoms with van der Waals surface area (Å²) >= 11 is 0. The fourth-order valence-electron chi connectivity index (χ4n) is 7.42. The maximum absolute atomic E-state index is 12.5. The minimum atomic E-state index is -0.358. The van der Waals surface area contributed by atoms with Gasteiger partial charge in [-0.2, -0.15) is 0 Å². The van der Waals surface area contributed by atoms with Gasteiger partial charge < -0.3 is 9.47 Å². The molecule has 0 N–H and O–H groups in total. The number of methoxy groups -OCH3 is 2. The van der Waals surface area contributed by atoms with E-state index >= 15 is 0 Å². The number of hydrogen-bond acceptors (Lipinski definition) is 3. The molecular formula is C21H34O3. The van der Waals surface area contributed by atoms with Crippen molar-refractivity contribution in [2.45, 2.75) is 77.4 Å². The van der Waals surface area contributed by atoms with Crippen molar-refractivity contribution in [2.24, 2.45) is 34.5 Å². The molecule has 4 fully saturated rings. The molecule has 0 radical (unpaired) electrons. The van der Waals surface area contributed by atoms with Gasteiger partial charge in [0, 0.05) is 38.9 Å². The SMILES string of the molecule is COC1(OC)CC[C@@]2(C)[C@@H](CC[C@@H]3[C@H]2CC[C@]2(C)C(=O)CC[C@@H]32)C1. The first-order chi connectivity index (χ1) is 11.4. The molecule has 24 heavy (non-hydrogen) atoms. The van der Waals surface area contributed by atoms with Crippen molar-refractivity contribution in [3.05, 3.63) is 0 Å². The van der Waals surface area contributed by atoms with Crippen LogP contribution in [0, 0.1) is 34.5 Å². The summed E-state index contributed by atoms with van der Waals surface area (Å²) in [5, 5.41) is 0. The number of rotatable bonds is 2. The Morgan fingerprint density at radius 2 is 1.67 bits per heavy atom. The Labute approximate surface area is 146 Å². The molecule has 0 aromatic heterocycles. The van der Waals surface area contributed by atoms with Crippen LogP contribution in [0.4, 0.5) is 0 Å². The standard InChI is InChI=1S/C21H34O3/c1-19-11-12-21(23-3,24-4)13-14(19)5-6-15-16-7-8-18(22)20(16,2)10-9-17(15)19/h14-17H,5-13H2,1-4H3/t14-,15-,16-,17+,19-,20-/m0/s1. The summed E-state index contributed by atoms with van der Waals surface area (Å²) in [6.45, 7) is 4.82. The predicted molar refractivity (Wildman–Crippen MR) is 93.5 cm³/mol. The van der Waals surface area contributed by atoms with E-state index in [-0.39, 0.29) is 11.2 Å². The molecule has 4 rings (SSSR count). The Kier molecular flexibility index (Phi) is 3.93. The van der Waals surface area contributed by atoms with E-state index in [0.29, 0.717) is 23.0 Å². The van der Waals surface area contributed by atoms with Crippen molar-refractivity contribution in [1.29, 1.82) is 0 Å². The third kappa shape index (κ3) is 2.13. The molecule has 0 spiro atoms. The minimum Gasteiger partial charge on any atom is -0.353 e. The average molecular weight is 335 g/mol. The zero-order valence-electron chi connectivity index (χ0n) is 15.9. The predicted octanol–water partition coefficient (Wildman–Crippen LogP) is 4.59. The number of fused-ring (bicyclic) bond motifs is 5. The minimum absolute atomic E-state index is 0.00183. The molecule has 0 aromatic rings. The molecule has 0 saturated heterocycles. The lowest BCUT2D eigenvalue weighted by molar-refractivity contribution is -0.261. The summed E-state index contributed by atoms with van der Waals surface area (Å²) in [5.41, 5.74) is 0.415. The van der Waals surface area contributed by atoms with E-state index in [1.165, 1.54) is 25.7 Å². The average Bonchev–Trinajstić information content (AvgIpc) is 2.90. The van der Waals surface area contributed by atoms with Crippen LogP contribution in [-0.4, -0.2) is 25.8 Å². The van der Waals surface area contributed by atoms with Crippen molar-refractivity contribution in [1.82, 2.24) is 0 Å². The van der Waals surface area contributed by atoms with Crippen LogP contribution in [0.2, 0.25) is 0 Å². The van der Waals surface area contributed by atoms with Gasteiger partial charge in [0.05, 0.1) is 0 Å². The molecule has 4 aliphatic carbocycles. The van der Waals surface area contributed by atoms with Gasteiger partial charge >= 0.3 is 0 Å². The topological polar surface area (TPSA) is 35.5 Å². The number of ether oxygens (including phenoxy) is 2. The molecule has 3 nitrogen and oxygen atoms in total. The maximum atomic E-state index is 12.5. The van der Waals surface area contributed by atoms with Crippen LogP contribution in [0.1, 0.15) is 71.6 Å². The first-order valence-corrected chi connectivity index (χ1v) is 10.0. The highest BCUT2D eigenvalue weighted by atomic mass is 16.7. The van der Waals surface area contributed by atoms with Gasteiger partial charge in [0.2, 0.25) is 0 Å². The molecule has 4 aliphatic rings. The second-order valence-corrected chi connectivity index (χ2v) is 9.60. The maximum Gasteiger partial charge on any atom is 0.167 e. The number of Topliss-reactive ketones (excluding diaryl/α,β-unsaturated/α-hetero) is 1. The molecule has 0 amide bonds. The van der Waals surface area contributed by atoms with Crippen LogP contribution in [0.3, 0.4) is 0 Å². The van der Waals surface area contributed by atoms with Crippen LogP contribution in [-0.2, 0) is 14.3 Å². The molecule has 136 valence electrons. The Balaban J connectivity index is 1.60. The molecular weight excluding hydrogens is 300 g/mol. The Hall–Kier alpha value is -0.410. The second-order valence-electron chi connectivity index (χ2n) is 9.60. The highest BCUT2D eigenvalue weighted by molar-refractivity contribution is 5.87. The molecule has 3 heteroatoms. The van der Waals surface area contributed by atoms with Gasteiger partial charge in [-0.3, -0.25) is 4.79 Å². The number of carbonyl (C=O) groups excluding carboxylic acids is 1. The van der Waals surface area contributed by atoms with Gasteiger partial charge in [0.1, 0.15) is 5.78 Å². The van der Waals surface area contributed by atoms with Gasteiger partial charge in [-0.25, -0.2) is 0 Å². The van der Waals surface area contributed by atoms with Gasteiger partial charge in [-0.1, -0.05) is 13.8 Å². The van der Waals surface area contributed by atoms with Crippen LogP contribution >= 0.6 is 0 Å². The third-order valence-electron chi connectivity index (χ3n) is 9.12. The fourth-order valence-corrected chi connectivity index (χ4v) is 7.42. The van der Waals surface area contributed by atoms with Crippen molar-refractivity contribution >= 4 is 5.78 Å². The summed E-state index contributed by atoms with van der Waals surface area (Å²) in [6, 6.07) is 0. The van der Waals surface area contributed by atoms with Crippen LogP contribution in [0.25, 0.3) is 0 Å². The number of hydrogen-bond donors (Lipinski definition) is 0. The number of carbonyl (C=O) groups is 1. The van der Waals surface area contributed by atoms with Gasteiger partial charge in [-0.15, -0.1) is 0 Å². The lowest BCUT2D eigenvalue weighted by atomic mass is 9.45. The van der Waals surface area contributed by atoms with Crippen LogP contribution in [0.15, 0.2) is 0 Å². The summed E-state index contributed by atoms with van der Waals surface area (Å²) in [5.74, 6) is 3.12. The molecule has 0 aromatic carbocycles. The zero-order valence-corrected chi connectivity index (χ0v) is 15.9. The normalized spacial score (nSPS) is 50.1. The monoisotopic (exact) mass is 334 g/mol. The summed E-state index contributed by atoms with van der Waals surface area (Å²) in [4.78, 5) is 12.5. The van der Waals surface area contributed by atoms with E-state index in [1.807, 2.05) is 0 Å². The molecule has 6 atom stereocenters.